The summed E-state index contributed by atoms with van der Waals surface area (Å²) in [6, 6.07) is 15.4. The summed E-state index contributed by atoms with van der Waals surface area (Å²) in [5.74, 6) is 0.471. The van der Waals surface area contributed by atoms with E-state index in [1.165, 1.54) is 5.69 Å². The highest BCUT2D eigenvalue weighted by atomic mass is 16.4. The van der Waals surface area contributed by atoms with Gasteiger partial charge < -0.3 is 21.1 Å². The molecule has 2 aromatic heterocycles. The Morgan fingerprint density at radius 3 is 2.56 bits per heavy atom. The number of rotatable bonds is 4. The smallest absolute Gasteiger partial charge is 0.409 e. The van der Waals surface area contributed by atoms with E-state index in [4.69, 9.17) is 10.8 Å². The highest BCUT2D eigenvalue weighted by molar-refractivity contribution is 5.85. The lowest BCUT2D eigenvalue weighted by Crippen LogP contribution is -2.43. The van der Waals surface area contributed by atoms with Gasteiger partial charge in [0, 0.05) is 54.9 Å². The Morgan fingerprint density at radius 2 is 1.81 bits per heavy atom. The van der Waals surface area contributed by atoms with Crippen molar-refractivity contribution >= 4 is 28.9 Å². The molecule has 5 rings (SSSR count). The van der Waals surface area contributed by atoms with Crippen LogP contribution in [0.15, 0.2) is 60.9 Å². The molecule has 9 nitrogen and oxygen atoms in total. The average Bonchev–Trinajstić information content (AvgIpc) is 3.25. The van der Waals surface area contributed by atoms with E-state index in [9.17, 15) is 4.79 Å². The molecule has 3 heterocycles. The van der Waals surface area contributed by atoms with Crippen LogP contribution in [-0.4, -0.2) is 52.0 Å². The van der Waals surface area contributed by atoms with Gasteiger partial charge in [-0.05, 0) is 35.4 Å². The van der Waals surface area contributed by atoms with Crippen molar-refractivity contribution in [2.75, 3.05) is 42.1 Å². The SMILES string of the molecule is Nc1c(-c2ccc(NC(=O)O)cc2)cnc2c(-c3cccc(N4CCNCC4)c3)cnn12. The number of carboxylic acid groups (broad SMARTS) is 1. The maximum atomic E-state index is 10.8. The van der Waals surface area contributed by atoms with Crippen LogP contribution in [0, 0.1) is 0 Å². The van der Waals surface area contributed by atoms with Crippen molar-refractivity contribution in [2.24, 2.45) is 0 Å². The van der Waals surface area contributed by atoms with Crippen LogP contribution in [0.1, 0.15) is 0 Å². The maximum Gasteiger partial charge on any atom is 0.409 e. The number of nitrogens with zero attached hydrogens (tertiary/aromatic N) is 4. The standard InChI is InChI=1S/C23H23N7O2/c24-21-19(15-4-6-17(7-5-15)28-23(31)32)13-26-22-20(14-27-30(21)22)16-2-1-3-18(12-16)29-10-8-25-9-11-29/h1-7,12-14,25,28H,8-11,24H2,(H,31,32). The van der Waals surface area contributed by atoms with Crippen LogP contribution in [0.5, 0.6) is 0 Å². The first-order chi connectivity index (χ1) is 15.6. The van der Waals surface area contributed by atoms with E-state index in [2.05, 4.69) is 49.9 Å². The third-order valence-electron chi connectivity index (χ3n) is 5.65. The molecular formula is C23H23N7O2. The molecule has 1 fully saturated rings. The number of nitrogens with one attached hydrogen (secondary N) is 2. The predicted molar refractivity (Wildman–Crippen MR) is 125 cm³/mol. The molecule has 32 heavy (non-hydrogen) atoms. The van der Waals surface area contributed by atoms with E-state index in [-0.39, 0.29) is 0 Å². The fraction of sp³-hybridized carbons (Fsp3) is 0.174. The zero-order valence-electron chi connectivity index (χ0n) is 17.3. The van der Waals surface area contributed by atoms with Gasteiger partial charge in [0.25, 0.3) is 0 Å². The normalized spacial score (nSPS) is 13.9. The number of carbonyl (C=O) groups is 1. The number of amides is 1. The van der Waals surface area contributed by atoms with Crippen molar-refractivity contribution in [1.82, 2.24) is 19.9 Å². The van der Waals surface area contributed by atoms with E-state index in [1.54, 1.807) is 41.2 Å². The van der Waals surface area contributed by atoms with Gasteiger partial charge in [0.05, 0.1) is 6.20 Å². The number of aromatic nitrogens is 3. The Balaban J connectivity index is 1.49. The van der Waals surface area contributed by atoms with Gasteiger partial charge in [-0.3, -0.25) is 5.32 Å². The second-order valence-corrected chi connectivity index (χ2v) is 7.65. The number of anilines is 3. The molecule has 0 radical (unpaired) electrons. The molecule has 0 spiro atoms. The minimum Gasteiger partial charge on any atom is -0.465 e. The first-order valence-electron chi connectivity index (χ1n) is 10.4. The number of hydrogen-bond donors (Lipinski definition) is 4. The van der Waals surface area contributed by atoms with Gasteiger partial charge in [0.15, 0.2) is 5.65 Å². The number of nitrogens with two attached hydrogens (primary N) is 1. The maximum absolute atomic E-state index is 10.8. The third-order valence-corrected chi connectivity index (χ3v) is 5.65. The quantitative estimate of drug-likeness (QED) is 0.393. The van der Waals surface area contributed by atoms with Gasteiger partial charge in [-0.1, -0.05) is 24.3 Å². The molecule has 0 unspecified atom stereocenters. The van der Waals surface area contributed by atoms with Gasteiger partial charge in [-0.15, -0.1) is 0 Å². The number of piperazine rings is 1. The van der Waals surface area contributed by atoms with E-state index in [0.717, 1.165) is 48.4 Å². The molecule has 0 bridgehead atoms. The van der Waals surface area contributed by atoms with Crippen molar-refractivity contribution in [3.63, 3.8) is 0 Å². The summed E-state index contributed by atoms with van der Waals surface area (Å²) < 4.78 is 1.64. The molecule has 4 aromatic rings. The predicted octanol–water partition coefficient (Wildman–Crippen LogP) is 3.15. The van der Waals surface area contributed by atoms with Gasteiger partial charge in [0.2, 0.25) is 0 Å². The number of nitrogen functional groups attached to an aromatic ring is 1. The molecule has 2 aromatic carbocycles. The summed E-state index contributed by atoms with van der Waals surface area (Å²) in [6.07, 6.45) is 2.42. The van der Waals surface area contributed by atoms with Crippen LogP contribution in [0.25, 0.3) is 27.9 Å². The first kappa shape index (κ1) is 19.8. The second-order valence-electron chi connectivity index (χ2n) is 7.65. The van der Waals surface area contributed by atoms with Crippen LogP contribution in [0.4, 0.5) is 22.0 Å². The molecule has 0 atom stereocenters. The van der Waals surface area contributed by atoms with Crippen LogP contribution in [0.3, 0.4) is 0 Å². The topological polar surface area (TPSA) is 121 Å². The lowest BCUT2D eigenvalue weighted by atomic mass is 10.1. The minimum atomic E-state index is -1.11. The summed E-state index contributed by atoms with van der Waals surface area (Å²) in [5.41, 5.74) is 12.3. The Kier molecular flexibility index (Phi) is 5.08. The molecule has 9 heteroatoms. The summed E-state index contributed by atoms with van der Waals surface area (Å²) in [5, 5.41) is 19.0. The molecule has 1 saturated heterocycles. The monoisotopic (exact) mass is 429 g/mol. The molecule has 1 aliphatic heterocycles. The first-order valence-corrected chi connectivity index (χ1v) is 10.4. The molecule has 0 saturated carbocycles. The van der Waals surface area contributed by atoms with Crippen molar-refractivity contribution in [3.8, 4) is 22.3 Å². The zero-order chi connectivity index (χ0) is 22.1. The average molecular weight is 429 g/mol. The summed E-state index contributed by atoms with van der Waals surface area (Å²) >= 11 is 0. The zero-order valence-corrected chi connectivity index (χ0v) is 17.3. The Bertz CT molecular complexity index is 1280. The second kappa shape index (κ2) is 8.20. The van der Waals surface area contributed by atoms with Crippen molar-refractivity contribution in [3.05, 3.63) is 60.9 Å². The lowest BCUT2D eigenvalue weighted by Gasteiger charge is -2.29. The summed E-state index contributed by atoms with van der Waals surface area (Å²) in [7, 11) is 0. The fourth-order valence-corrected chi connectivity index (χ4v) is 4.02. The van der Waals surface area contributed by atoms with E-state index in [0.29, 0.717) is 17.2 Å². The summed E-state index contributed by atoms with van der Waals surface area (Å²) in [6.45, 7) is 3.92. The highest BCUT2D eigenvalue weighted by Crippen LogP contribution is 2.32. The van der Waals surface area contributed by atoms with Gasteiger partial charge in [-0.2, -0.15) is 9.61 Å². The molecule has 162 valence electrons. The Labute approximate surface area is 184 Å². The van der Waals surface area contributed by atoms with Crippen molar-refractivity contribution in [2.45, 2.75) is 0 Å². The van der Waals surface area contributed by atoms with Crippen LogP contribution in [-0.2, 0) is 0 Å². The molecule has 0 aliphatic carbocycles. The lowest BCUT2D eigenvalue weighted by molar-refractivity contribution is 0.210. The van der Waals surface area contributed by atoms with Crippen LogP contribution in [0.2, 0.25) is 0 Å². The largest absolute Gasteiger partial charge is 0.465 e. The molecule has 1 amide bonds. The van der Waals surface area contributed by atoms with E-state index in [1.807, 2.05) is 0 Å². The van der Waals surface area contributed by atoms with Crippen molar-refractivity contribution < 1.29 is 9.90 Å². The fourth-order valence-electron chi connectivity index (χ4n) is 4.02. The molecular weight excluding hydrogens is 406 g/mol. The van der Waals surface area contributed by atoms with Crippen LogP contribution < -0.4 is 21.3 Å². The van der Waals surface area contributed by atoms with E-state index < -0.39 is 6.09 Å². The molecule has 5 N–H and O–H groups in total. The minimum absolute atomic E-state index is 0.471. The van der Waals surface area contributed by atoms with Gasteiger partial charge in [0.1, 0.15) is 5.82 Å². The van der Waals surface area contributed by atoms with Crippen LogP contribution >= 0.6 is 0 Å². The Hall–Kier alpha value is -4.11. The van der Waals surface area contributed by atoms with Crippen molar-refractivity contribution in [1.29, 1.82) is 0 Å². The third kappa shape index (κ3) is 3.69. The number of hydrogen-bond acceptors (Lipinski definition) is 6. The van der Waals surface area contributed by atoms with E-state index >= 15 is 0 Å². The summed E-state index contributed by atoms with van der Waals surface area (Å²) in [4.78, 5) is 17.8. The molecule has 1 aliphatic rings. The Morgan fingerprint density at radius 1 is 1.03 bits per heavy atom. The van der Waals surface area contributed by atoms with Gasteiger partial charge in [-0.25, -0.2) is 9.78 Å². The highest BCUT2D eigenvalue weighted by Gasteiger charge is 2.16. The van der Waals surface area contributed by atoms with Gasteiger partial charge >= 0.3 is 6.09 Å². The number of fused-ring (bicyclic) bond motifs is 1. The number of benzene rings is 2.